The van der Waals surface area contributed by atoms with Gasteiger partial charge in [0.15, 0.2) is 0 Å². The number of aromatic nitrogens is 2. The Balaban J connectivity index is 1.53. The first-order valence-corrected chi connectivity index (χ1v) is 12.6. The maximum absolute atomic E-state index is 13.0. The van der Waals surface area contributed by atoms with Crippen LogP contribution in [0.5, 0.6) is 11.5 Å². The van der Waals surface area contributed by atoms with E-state index in [1.165, 1.54) is 31.6 Å². The number of ether oxygens (including phenoxy) is 2. The number of benzene rings is 1. The summed E-state index contributed by atoms with van der Waals surface area (Å²) in [5, 5.41) is 7.81. The summed E-state index contributed by atoms with van der Waals surface area (Å²) in [5.74, 6) is 0.852. The monoisotopic (exact) mass is 492 g/mol. The molecule has 3 heterocycles. The number of aryl methyl sites for hydroxylation is 1. The smallest absolute Gasteiger partial charge is 0.311 e. The Morgan fingerprint density at radius 1 is 1.18 bits per heavy atom. The minimum Gasteiger partial charge on any atom is -0.497 e. The molecule has 12 heteroatoms. The summed E-state index contributed by atoms with van der Waals surface area (Å²) in [4.78, 5) is 15.3. The summed E-state index contributed by atoms with van der Waals surface area (Å²) >= 11 is 1.20. The van der Waals surface area contributed by atoms with Gasteiger partial charge >= 0.3 is 11.8 Å². The third-order valence-electron chi connectivity index (χ3n) is 5.31. The van der Waals surface area contributed by atoms with E-state index in [9.17, 15) is 13.2 Å². The van der Waals surface area contributed by atoms with Crippen LogP contribution in [0.15, 0.2) is 33.6 Å². The minimum absolute atomic E-state index is 0.0162. The molecule has 1 aliphatic heterocycles. The van der Waals surface area contributed by atoms with Crippen LogP contribution in [0.4, 0.5) is 0 Å². The highest BCUT2D eigenvalue weighted by Crippen LogP contribution is 2.33. The molecule has 176 valence electrons. The topological polar surface area (TPSA) is 124 Å². The molecule has 1 aliphatic rings. The Kier molecular flexibility index (Phi) is 6.68. The first-order valence-electron chi connectivity index (χ1n) is 10.3. The van der Waals surface area contributed by atoms with E-state index in [-0.39, 0.29) is 29.1 Å². The molecule has 1 saturated heterocycles. The maximum atomic E-state index is 13.0. The summed E-state index contributed by atoms with van der Waals surface area (Å²) < 4.78 is 44.7. The summed E-state index contributed by atoms with van der Waals surface area (Å²) in [6, 6.07) is 6.64. The lowest BCUT2D eigenvalue weighted by atomic mass is 10.2. The van der Waals surface area contributed by atoms with Crippen molar-refractivity contribution in [3.05, 3.63) is 40.6 Å². The second kappa shape index (κ2) is 9.49. The zero-order chi connectivity index (χ0) is 23.6. The number of likely N-dealkylation sites (tertiary alicyclic amines) is 1. The summed E-state index contributed by atoms with van der Waals surface area (Å²) in [6.07, 6.45) is 1.90. The Morgan fingerprint density at radius 2 is 1.94 bits per heavy atom. The molecule has 10 nitrogen and oxygen atoms in total. The van der Waals surface area contributed by atoms with Crippen LogP contribution in [-0.2, 0) is 16.6 Å². The quantitative estimate of drug-likeness (QED) is 0.509. The lowest BCUT2D eigenvalue weighted by Gasteiger charge is -2.11. The number of amides is 1. The molecule has 0 aliphatic carbocycles. The van der Waals surface area contributed by atoms with Crippen molar-refractivity contribution >= 4 is 27.3 Å². The number of sulfonamides is 1. The largest absolute Gasteiger partial charge is 0.497 e. The van der Waals surface area contributed by atoms with Gasteiger partial charge in [-0.05, 0) is 44.0 Å². The van der Waals surface area contributed by atoms with Crippen LogP contribution < -0.4 is 14.2 Å². The Labute approximate surface area is 195 Å². The number of carbonyl (C=O) groups excluding carboxylic acids is 1. The molecule has 1 aromatic carbocycles. The van der Waals surface area contributed by atoms with E-state index in [0.29, 0.717) is 39.9 Å². The third-order valence-corrected chi connectivity index (χ3v) is 8.01. The Hall–Kier alpha value is -2.96. The normalized spacial score (nSPS) is 14.0. The average molecular weight is 493 g/mol. The van der Waals surface area contributed by atoms with Crippen molar-refractivity contribution in [1.29, 1.82) is 0 Å². The van der Waals surface area contributed by atoms with E-state index in [4.69, 9.17) is 13.9 Å². The van der Waals surface area contributed by atoms with Crippen molar-refractivity contribution < 1.29 is 27.1 Å². The van der Waals surface area contributed by atoms with Crippen molar-refractivity contribution in [2.75, 3.05) is 27.3 Å². The van der Waals surface area contributed by atoms with Gasteiger partial charge in [0.25, 0.3) is 5.89 Å². The zero-order valence-electron chi connectivity index (χ0n) is 18.5. The maximum Gasteiger partial charge on any atom is 0.311 e. The second-order valence-electron chi connectivity index (χ2n) is 7.45. The van der Waals surface area contributed by atoms with Crippen molar-refractivity contribution in [3.8, 4) is 22.3 Å². The molecule has 33 heavy (non-hydrogen) atoms. The van der Waals surface area contributed by atoms with E-state index < -0.39 is 10.0 Å². The molecule has 2 aromatic heterocycles. The molecule has 4 rings (SSSR count). The van der Waals surface area contributed by atoms with E-state index in [1.807, 2.05) is 0 Å². The van der Waals surface area contributed by atoms with Crippen molar-refractivity contribution in [1.82, 2.24) is 19.8 Å². The SMILES string of the molecule is COc1ccc(OC)c(CNS(=O)(=O)c2cc(-c3nnc(C(=O)N4CCCC4)o3)sc2C)c1. The van der Waals surface area contributed by atoms with E-state index >= 15 is 0 Å². The molecule has 0 atom stereocenters. The predicted molar refractivity (Wildman–Crippen MR) is 121 cm³/mol. The van der Waals surface area contributed by atoms with Crippen LogP contribution in [0.2, 0.25) is 0 Å². The van der Waals surface area contributed by atoms with Crippen molar-refractivity contribution in [2.24, 2.45) is 0 Å². The fourth-order valence-corrected chi connectivity index (χ4v) is 6.09. The number of rotatable bonds is 8. The molecular formula is C21H24N4O6S2. The number of nitrogens with zero attached hydrogens (tertiary/aromatic N) is 3. The van der Waals surface area contributed by atoms with E-state index in [0.717, 1.165) is 12.8 Å². The van der Waals surface area contributed by atoms with Gasteiger partial charge in [0.05, 0.1) is 24.0 Å². The molecule has 3 aromatic rings. The van der Waals surface area contributed by atoms with Gasteiger partial charge in [-0.25, -0.2) is 13.1 Å². The highest BCUT2D eigenvalue weighted by Gasteiger charge is 2.27. The number of methoxy groups -OCH3 is 2. The van der Waals surface area contributed by atoms with Gasteiger partial charge in [-0.2, -0.15) is 0 Å². The van der Waals surface area contributed by atoms with Gasteiger partial charge < -0.3 is 18.8 Å². The standard InChI is InChI=1S/C21H24N4O6S2/c1-13-18(33(27,28)22-12-14-10-15(29-2)6-7-16(14)30-3)11-17(32-13)19-23-24-20(31-19)21(26)25-8-4-5-9-25/h6-7,10-11,22H,4-5,8-9,12H2,1-3H3. The first-order chi connectivity index (χ1) is 15.8. The molecule has 1 fully saturated rings. The number of hydrogen-bond acceptors (Lipinski definition) is 9. The van der Waals surface area contributed by atoms with Crippen LogP contribution in [-0.4, -0.2) is 56.7 Å². The summed E-state index contributed by atoms with van der Waals surface area (Å²) in [5.41, 5.74) is 0.635. The van der Waals surface area contributed by atoms with Crippen molar-refractivity contribution in [2.45, 2.75) is 31.2 Å². The molecular weight excluding hydrogens is 468 g/mol. The van der Waals surface area contributed by atoms with E-state index in [2.05, 4.69) is 14.9 Å². The Morgan fingerprint density at radius 3 is 2.64 bits per heavy atom. The van der Waals surface area contributed by atoms with Gasteiger partial charge in [-0.3, -0.25) is 4.79 Å². The van der Waals surface area contributed by atoms with Gasteiger partial charge in [0.2, 0.25) is 10.0 Å². The fraction of sp³-hybridized carbons (Fsp3) is 0.381. The number of hydrogen-bond donors (Lipinski definition) is 1. The lowest BCUT2D eigenvalue weighted by molar-refractivity contribution is 0.0754. The molecule has 1 amide bonds. The van der Waals surface area contributed by atoms with Gasteiger partial charge in [0, 0.05) is 30.1 Å². The molecule has 0 unspecified atom stereocenters. The average Bonchev–Trinajstić information content (AvgIpc) is 3.57. The molecule has 0 radical (unpaired) electrons. The number of thiophene rings is 1. The molecule has 0 saturated carbocycles. The van der Waals surface area contributed by atoms with Gasteiger partial charge in [-0.1, -0.05) is 0 Å². The fourth-order valence-electron chi connectivity index (χ4n) is 3.57. The summed E-state index contributed by atoms with van der Waals surface area (Å²) in [6.45, 7) is 3.05. The minimum atomic E-state index is -3.84. The second-order valence-corrected chi connectivity index (χ2v) is 10.4. The molecule has 0 spiro atoms. The predicted octanol–water partition coefficient (Wildman–Crippen LogP) is 2.84. The van der Waals surface area contributed by atoms with Gasteiger partial charge in [-0.15, -0.1) is 21.5 Å². The van der Waals surface area contributed by atoms with Crippen LogP contribution in [0.1, 0.15) is 34.0 Å². The van der Waals surface area contributed by atoms with Crippen LogP contribution >= 0.6 is 11.3 Å². The highest BCUT2D eigenvalue weighted by molar-refractivity contribution is 7.89. The number of carbonyl (C=O) groups is 1. The van der Waals surface area contributed by atoms with Gasteiger partial charge in [0.1, 0.15) is 11.5 Å². The van der Waals surface area contributed by atoms with Crippen LogP contribution in [0.25, 0.3) is 10.8 Å². The van der Waals surface area contributed by atoms with Crippen LogP contribution in [0.3, 0.4) is 0 Å². The van der Waals surface area contributed by atoms with E-state index in [1.54, 1.807) is 30.0 Å². The molecule has 1 N–H and O–H groups in total. The lowest BCUT2D eigenvalue weighted by Crippen LogP contribution is -2.27. The number of nitrogens with one attached hydrogen (secondary N) is 1. The van der Waals surface area contributed by atoms with Crippen LogP contribution in [0, 0.1) is 6.92 Å². The Bertz CT molecular complexity index is 1260. The zero-order valence-corrected chi connectivity index (χ0v) is 20.1. The highest BCUT2D eigenvalue weighted by atomic mass is 32.2. The first kappa shape index (κ1) is 23.2. The van der Waals surface area contributed by atoms with Crippen molar-refractivity contribution in [3.63, 3.8) is 0 Å². The summed E-state index contributed by atoms with van der Waals surface area (Å²) in [7, 11) is -0.793. The molecule has 0 bridgehead atoms. The third kappa shape index (κ3) is 4.87.